The Morgan fingerprint density at radius 3 is 1.65 bits per heavy atom. The highest BCUT2D eigenvalue weighted by Gasteiger charge is 2.22. The zero-order valence-electron chi connectivity index (χ0n) is 30.1. The van der Waals surface area contributed by atoms with Gasteiger partial charge in [-0.15, -0.1) is 0 Å². The number of carbonyl (C=O) groups excluding carboxylic acids is 1. The van der Waals surface area contributed by atoms with E-state index in [-0.39, 0.29) is 16.8 Å². The van der Waals surface area contributed by atoms with Crippen LogP contribution >= 0.6 is 0 Å². The zero-order valence-corrected chi connectivity index (χ0v) is 30.1. The number of allylic oxidation sites excluding steroid dienone is 1. The van der Waals surface area contributed by atoms with Gasteiger partial charge in [0.1, 0.15) is 0 Å². The van der Waals surface area contributed by atoms with Crippen LogP contribution in [0.2, 0.25) is 0 Å². The highest BCUT2D eigenvalue weighted by Crippen LogP contribution is 2.46. The molecule has 0 aliphatic heterocycles. The average molecular weight is 637 g/mol. The molecular formula is C46H52O2. The summed E-state index contributed by atoms with van der Waals surface area (Å²) in [6.07, 6.45) is 6.10. The van der Waals surface area contributed by atoms with Gasteiger partial charge >= 0.3 is 5.97 Å². The minimum atomic E-state index is -0.348. The summed E-state index contributed by atoms with van der Waals surface area (Å²) in [5.74, 6) is -0.348. The number of esters is 1. The minimum Gasteiger partial charge on any atom is -0.463 e. The predicted octanol–water partition coefficient (Wildman–Crippen LogP) is 12.8. The normalized spacial score (nSPS) is 12.0. The number of hydrogen-bond acceptors (Lipinski definition) is 2. The molecule has 2 nitrogen and oxygen atoms in total. The van der Waals surface area contributed by atoms with E-state index in [0.29, 0.717) is 6.61 Å². The first kappa shape index (κ1) is 34.9. The Balaban J connectivity index is 1.66. The van der Waals surface area contributed by atoms with Gasteiger partial charge in [0, 0.05) is 6.08 Å². The SMILES string of the molecule is C=CC(=O)OCCCCCc1ccc(-c2c3ccc(C(C)(C)C)cc3c(-c3ccc(C(=C)CC)cc3)c3cc(C(C)(C)C)ccc23)cc1. The Morgan fingerprint density at radius 2 is 1.17 bits per heavy atom. The maximum atomic E-state index is 11.3. The van der Waals surface area contributed by atoms with Crippen molar-refractivity contribution in [1.29, 1.82) is 0 Å². The first-order chi connectivity index (χ1) is 22.8. The minimum absolute atomic E-state index is 0.0194. The van der Waals surface area contributed by atoms with Crippen molar-refractivity contribution in [1.82, 2.24) is 0 Å². The van der Waals surface area contributed by atoms with E-state index in [2.05, 4.69) is 147 Å². The number of rotatable bonds is 11. The fourth-order valence-corrected chi connectivity index (χ4v) is 6.54. The molecule has 0 fully saturated rings. The number of carbonyl (C=O) groups is 1. The molecule has 0 aromatic heterocycles. The highest BCUT2D eigenvalue weighted by atomic mass is 16.5. The number of fused-ring (bicyclic) bond motifs is 2. The number of aryl methyl sites for hydroxylation is 1. The first-order valence-corrected chi connectivity index (χ1v) is 17.5. The standard InChI is InChI=1S/C46H52O2/c1-10-31(3)33-20-22-35(23-21-33)44-40-29-36(45(4,5)6)24-26-38(40)43(39-27-25-37(30-41(39)44)46(7,8)9)34-18-16-32(17-19-34)15-13-12-14-28-48-42(47)11-2/h11,16-27,29-30H,2-3,10,12-15,28H2,1,4-9H3. The lowest BCUT2D eigenvalue weighted by molar-refractivity contribution is -0.137. The molecular weight excluding hydrogens is 585 g/mol. The lowest BCUT2D eigenvalue weighted by Gasteiger charge is -2.25. The van der Waals surface area contributed by atoms with Crippen molar-refractivity contribution in [2.24, 2.45) is 0 Å². The second-order valence-electron chi connectivity index (χ2n) is 15.2. The molecule has 0 bridgehead atoms. The lowest BCUT2D eigenvalue weighted by atomic mass is 9.79. The van der Waals surface area contributed by atoms with Crippen LogP contribution in [-0.4, -0.2) is 12.6 Å². The third kappa shape index (κ3) is 7.65. The lowest BCUT2D eigenvalue weighted by Crippen LogP contribution is -2.11. The summed E-state index contributed by atoms with van der Waals surface area (Å²) in [5, 5.41) is 5.13. The molecule has 0 heterocycles. The van der Waals surface area contributed by atoms with E-state index in [4.69, 9.17) is 4.74 Å². The van der Waals surface area contributed by atoms with Crippen LogP contribution in [-0.2, 0) is 26.8 Å². The van der Waals surface area contributed by atoms with Crippen molar-refractivity contribution < 1.29 is 9.53 Å². The predicted molar refractivity (Wildman–Crippen MR) is 208 cm³/mol. The van der Waals surface area contributed by atoms with Gasteiger partial charge in [0.15, 0.2) is 0 Å². The van der Waals surface area contributed by atoms with Crippen LogP contribution in [0.25, 0.3) is 49.4 Å². The fraction of sp³-hybridized carbons (Fsp3) is 0.326. The van der Waals surface area contributed by atoms with Crippen LogP contribution in [0, 0.1) is 0 Å². The summed E-state index contributed by atoms with van der Waals surface area (Å²) in [6, 6.07) is 32.4. The van der Waals surface area contributed by atoms with Crippen molar-refractivity contribution in [3.05, 3.63) is 126 Å². The summed E-state index contributed by atoms with van der Waals surface area (Å²) in [7, 11) is 0. The van der Waals surface area contributed by atoms with Gasteiger partial charge in [0.25, 0.3) is 0 Å². The molecule has 0 saturated carbocycles. The van der Waals surface area contributed by atoms with Crippen molar-refractivity contribution in [2.45, 2.75) is 91.4 Å². The Hall–Kier alpha value is -4.43. The summed E-state index contributed by atoms with van der Waals surface area (Å²) >= 11 is 0. The molecule has 5 aromatic rings. The van der Waals surface area contributed by atoms with Crippen LogP contribution in [0.1, 0.15) is 96.4 Å². The Kier molecular flexibility index (Phi) is 10.4. The molecule has 0 saturated heterocycles. The maximum absolute atomic E-state index is 11.3. The average Bonchev–Trinajstić information content (AvgIpc) is 3.07. The number of hydrogen-bond donors (Lipinski definition) is 0. The summed E-state index contributed by atoms with van der Waals surface area (Å²) in [6.45, 7) is 24.1. The topological polar surface area (TPSA) is 26.3 Å². The third-order valence-corrected chi connectivity index (χ3v) is 9.62. The van der Waals surface area contributed by atoms with Gasteiger partial charge < -0.3 is 4.74 Å². The van der Waals surface area contributed by atoms with Gasteiger partial charge in [0.05, 0.1) is 6.61 Å². The molecule has 48 heavy (non-hydrogen) atoms. The van der Waals surface area contributed by atoms with Crippen LogP contribution in [0.5, 0.6) is 0 Å². The second kappa shape index (κ2) is 14.4. The quantitative estimate of drug-likeness (QED) is 0.0624. The molecule has 0 aliphatic rings. The summed E-state index contributed by atoms with van der Waals surface area (Å²) < 4.78 is 5.13. The fourth-order valence-electron chi connectivity index (χ4n) is 6.54. The Bertz CT molecular complexity index is 1870. The van der Waals surface area contributed by atoms with Gasteiger partial charge in [-0.2, -0.15) is 0 Å². The van der Waals surface area contributed by atoms with E-state index < -0.39 is 0 Å². The molecule has 2 heteroatoms. The summed E-state index contributed by atoms with van der Waals surface area (Å²) in [4.78, 5) is 11.3. The molecule has 0 unspecified atom stereocenters. The van der Waals surface area contributed by atoms with E-state index in [1.807, 2.05) is 0 Å². The third-order valence-electron chi connectivity index (χ3n) is 9.62. The van der Waals surface area contributed by atoms with Crippen LogP contribution < -0.4 is 0 Å². The molecule has 0 N–H and O–H groups in total. The van der Waals surface area contributed by atoms with Gasteiger partial charge in [0.2, 0.25) is 0 Å². The van der Waals surface area contributed by atoms with Gasteiger partial charge in [-0.25, -0.2) is 4.79 Å². The van der Waals surface area contributed by atoms with Crippen molar-refractivity contribution in [3.63, 3.8) is 0 Å². The van der Waals surface area contributed by atoms with Gasteiger partial charge in [-0.3, -0.25) is 0 Å². The number of benzene rings is 5. The van der Waals surface area contributed by atoms with Crippen molar-refractivity contribution >= 4 is 33.1 Å². The molecule has 0 atom stereocenters. The van der Waals surface area contributed by atoms with E-state index in [1.165, 1.54) is 72.1 Å². The molecule has 0 spiro atoms. The highest BCUT2D eigenvalue weighted by molar-refractivity contribution is 6.21. The van der Waals surface area contributed by atoms with Crippen LogP contribution in [0.3, 0.4) is 0 Å². The van der Waals surface area contributed by atoms with E-state index in [0.717, 1.165) is 37.7 Å². The van der Waals surface area contributed by atoms with Crippen LogP contribution in [0.15, 0.2) is 104 Å². The Morgan fingerprint density at radius 1 is 0.667 bits per heavy atom. The molecule has 0 radical (unpaired) electrons. The first-order valence-electron chi connectivity index (χ1n) is 17.5. The van der Waals surface area contributed by atoms with E-state index in [9.17, 15) is 4.79 Å². The van der Waals surface area contributed by atoms with Crippen molar-refractivity contribution in [3.8, 4) is 22.3 Å². The molecule has 5 aromatic carbocycles. The maximum Gasteiger partial charge on any atom is 0.330 e. The number of unbranched alkanes of at least 4 members (excludes halogenated alkanes) is 2. The van der Waals surface area contributed by atoms with E-state index >= 15 is 0 Å². The van der Waals surface area contributed by atoms with Gasteiger partial charge in [-0.1, -0.05) is 134 Å². The smallest absolute Gasteiger partial charge is 0.330 e. The molecule has 248 valence electrons. The van der Waals surface area contributed by atoms with Gasteiger partial charge in [-0.05, 0) is 127 Å². The molecule has 5 rings (SSSR count). The van der Waals surface area contributed by atoms with E-state index in [1.54, 1.807) is 0 Å². The zero-order chi connectivity index (χ0) is 34.6. The van der Waals surface area contributed by atoms with Crippen LogP contribution in [0.4, 0.5) is 0 Å². The molecule has 0 aliphatic carbocycles. The van der Waals surface area contributed by atoms with Crippen molar-refractivity contribution in [2.75, 3.05) is 6.61 Å². The summed E-state index contributed by atoms with van der Waals surface area (Å²) in [5.41, 5.74) is 11.4. The number of ether oxygens (including phenoxy) is 1. The largest absolute Gasteiger partial charge is 0.463 e. The molecule has 0 amide bonds. The Labute approximate surface area is 288 Å². The second-order valence-corrected chi connectivity index (χ2v) is 15.2. The monoisotopic (exact) mass is 636 g/mol.